The van der Waals surface area contributed by atoms with Crippen LogP contribution in [-0.2, 0) is 0 Å². The average Bonchev–Trinajstić information content (AvgIpc) is 2.49. The molecular weight excluding hydrogens is 322 g/mol. The molecule has 2 rings (SSSR count). The summed E-state index contributed by atoms with van der Waals surface area (Å²) < 4.78 is 1.36. The maximum atomic E-state index is 11.8. The van der Waals surface area contributed by atoms with E-state index in [1.807, 2.05) is 23.9 Å². The molecule has 0 radical (unpaired) electrons. The fraction of sp³-hybridized carbons (Fsp3) is 0.533. The number of benzene rings is 1. The summed E-state index contributed by atoms with van der Waals surface area (Å²) >= 11 is 5.53. The highest BCUT2D eigenvalue weighted by molar-refractivity contribution is 9.10. The average molecular weight is 342 g/mol. The largest absolute Gasteiger partial charge is 0.370 e. The molecule has 1 fully saturated rings. The number of rotatable bonds is 2. The summed E-state index contributed by atoms with van der Waals surface area (Å²) in [5.74, 6) is 1.25. The lowest BCUT2D eigenvalue weighted by Gasteiger charge is -2.26. The fourth-order valence-corrected chi connectivity index (χ4v) is 3.77. The standard InChI is InChI=1S/C15H20BrNOS/c1-11(18)13-5-4-12(16)10-14(13)17-7-6-15(2,3)19-9-8-17/h4-5,10H,6-9H2,1-3H3. The second-order valence-corrected chi connectivity index (χ2v) is 8.28. The van der Waals surface area contributed by atoms with Crippen LogP contribution in [0.25, 0.3) is 0 Å². The van der Waals surface area contributed by atoms with Crippen molar-refractivity contribution in [1.82, 2.24) is 0 Å². The van der Waals surface area contributed by atoms with Crippen LogP contribution in [0.4, 0.5) is 5.69 Å². The van der Waals surface area contributed by atoms with Gasteiger partial charge in [-0.05, 0) is 31.5 Å². The summed E-state index contributed by atoms with van der Waals surface area (Å²) in [5.41, 5.74) is 1.90. The van der Waals surface area contributed by atoms with Crippen LogP contribution < -0.4 is 4.90 Å². The zero-order valence-electron chi connectivity index (χ0n) is 11.7. The van der Waals surface area contributed by atoms with Gasteiger partial charge in [-0.25, -0.2) is 0 Å². The van der Waals surface area contributed by atoms with Gasteiger partial charge in [0.25, 0.3) is 0 Å². The van der Waals surface area contributed by atoms with Gasteiger partial charge in [-0.15, -0.1) is 0 Å². The molecule has 104 valence electrons. The molecule has 0 N–H and O–H groups in total. The van der Waals surface area contributed by atoms with Gasteiger partial charge in [0.15, 0.2) is 5.78 Å². The molecule has 0 amide bonds. The monoisotopic (exact) mass is 341 g/mol. The lowest BCUT2D eigenvalue weighted by atomic mass is 10.1. The zero-order valence-corrected chi connectivity index (χ0v) is 14.1. The maximum Gasteiger partial charge on any atom is 0.161 e. The molecule has 0 saturated carbocycles. The zero-order chi connectivity index (χ0) is 14.0. The van der Waals surface area contributed by atoms with Crippen molar-refractivity contribution in [1.29, 1.82) is 0 Å². The highest BCUT2D eigenvalue weighted by Crippen LogP contribution is 2.34. The highest BCUT2D eigenvalue weighted by atomic mass is 79.9. The van der Waals surface area contributed by atoms with Crippen LogP contribution >= 0.6 is 27.7 Å². The molecular formula is C15H20BrNOS. The SMILES string of the molecule is CC(=O)c1ccc(Br)cc1N1CCSC(C)(C)CC1. The van der Waals surface area contributed by atoms with Gasteiger partial charge in [0.05, 0.1) is 0 Å². The first-order chi connectivity index (χ1) is 8.89. The number of anilines is 1. The van der Waals surface area contributed by atoms with Gasteiger partial charge >= 0.3 is 0 Å². The van der Waals surface area contributed by atoms with E-state index < -0.39 is 0 Å². The lowest BCUT2D eigenvalue weighted by Crippen LogP contribution is -2.28. The van der Waals surface area contributed by atoms with Gasteiger partial charge in [0, 0.05) is 39.3 Å². The first-order valence-corrected chi connectivity index (χ1v) is 8.36. The molecule has 0 spiro atoms. The Bertz CT molecular complexity index is 487. The van der Waals surface area contributed by atoms with Crippen LogP contribution in [-0.4, -0.2) is 29.4 Å². The number of hydrogen-bond acceptors (Lipinski definition) is 3. The minimum absolute atomic E-state index is 0.138. The number of carbonyl (C=O) groups is 1. The van der Waals surface area contributed by atoms with Crippen molar-refractivity contribution in [3.05, 3.63) is 28.2 Å². The molecule has 2 nitrogen and oxygen atoms in total. The number of halogens is 1. The summed E-state index contributed by atoms with van der Waals surface area (Å²) in [5, 5.41) is 0. The summed E-state index contributed by atoms with van der Waals surface area (Å²) in [7, 11) is 0. The number of Topliss-reactive ketones (excluding diaryl/α,β-unsaturated/α-hetero) is 1. The predicted molar refractivity (Wildman–Crippen MR) is 87.5 cm³/mol. The molecule has 0 aliphatic carbocycles. The van der Waals surface area contributed by atoms with Gasteiger partial charge in [-0.2, -0.15) is 11.8 Å². The fourth-order valence-electron chi connectivity index (χ4n) is 2.33. The third-order valence-electron chi connectivity index (χ3n) is 3.52. The predicted octanol–water partition coefficient (Wildman–Crippen LogP) is 4.37. The van der Waals surface area contributed by atoms with E-state index in [4.69, 9.17) is 0 Å². The Morgan fingerprint density at radius 3 is 2.79 bits per heavy atom. The van der Waals surface area contributed by atoms with Crippen LogP contribution in [0.1, 0.15) is 37.6 Å². The van der Waals surface area contributed by atoms with Crippen LogP contribution in [0.3, 0.4) is 0 Å². The van der Waals surface area contributed by atoms with Crippen molar-refractivity contribution >= 4 is 39.2 Å². The first kappa shape index (κ1) is 14.9. The third-order valence-corrected chi connectivity index (χ3v) is 5.38. The maximum absolute atomic E-state index is 11.8. The topological polar surface area (TPSA) is 20.3 Å². The van der Waals surface area contributed by atoms with Crippen molar-refractivity contribution in [3.63, 3.8) is 0 Å². The summed E-state index contributed by atoms with van der Waals surface area (Å²) in [6.45, 7) is 8.26. The van der Waals surface area contributed by atoms with Crippen molar-refractivity contribution in [2.75, 3.05) is 23.7 Å². The van der Waals surface area contributed by atoms with Crippen molar-refractivity contribution in [2.24, 2.45) is 0 Å². The molecule has 1 heterocycles. The Kier molecular flexibility index (Phi) is 4.62. The number of carbonyl (C=O) groups excluding carboxylic acids is 1. The smallest absolute Gasteiger partial charge is 0.161 e. The number of nitrogens with zero attached hydrogens (tertiary/aromatic N) is 1. The Morgan fingerprint density at radius 1 is 1.37 bits per heavy atom. The second-order valence-electron chi connectivity index (χ2n) is 5.56. The van der Waals surface area contributed by atoms with Gasteiger partial charge in [0.1, 0.15) is 0 Å². The molecule has 1 aromatic carbocycles. The quantitative estimate of drug-likeness (QED) is 0.744. The first-order valence-electron chi connectivity index (χ1n) is 6.58. The normalized spacial score (nSPS) is 19.1. The summed E-state index contributed by atoms with van der Waals surface area (Å²) in [6.07, 6.45) is 1.14. The van der Waals surface area contributed by atoms with Gasteiger partial charge in [-0.1, -0.05) is 29.8 Å². The molecule has 1 saturated heterocycles. The summed E-state index contributed by atoms with van der Waals surface area (Å²) in [4.78, 5) is 14.1. The van der Waals surface area contributed by atoms with E-state index in [2.05, 4.69) is 40.7 Å². The van der Waals surface area contributed by atoms with Crippen LogP contribution in [0.5, 0.6) is 0 Å². The van der Waals surface area contributed by atoms with Gasteiger partial charge < -0.3 is 4.90 Å². The van der Waals surface area contributed by atoms with E-state index in [9.17, 15) is 4.79 Å². The van der Waals surface area contributed by atoms with E-state index in [1.165, 1.54) is 0 Å². The molecule has 4 heteroatoms. The Labute approximate surface area is 128 Å². The van der Waals surface area contributed by atoms with Gasteiger partial charge in [-0.3, -0.25) is 4.79 Å². The highest BCUT2D eigenvalue weighted by Gasteiger charge is 2.25. The molecule has 1 aliphatic rings. The van der Waals surface area contributed by atoms with Crippen molar-refractivity contribution in [2.45, 2.75) is 31.9 Å². The number of hydrogen-bond donors (Lipinski definition) is 0. The molecule has 0 unspecified atom stereocenters. The molecule has 19 heavy (non-hydrogen) atoms. The lowest BCUT2D eigenvalue weighted by molar-refractivity contribution is 0.101. The molecule has 1 aliphatic heterocycles. The van der Waals surface area contributed by atoms with E-state index in [-0.39, 0.29) is 5.78 Å². The van der Waals surface area contributed by atoms with Crippen molar-refractivity contribution in [3.8, 4) is 0 Å². The molecule has 1 aromatic rings. The Balaban J connectivity index is 2.30. The van der Waals surface area contributed by atoms with Crippen molar-refractivity contribution < 1.29 is 4.79 Å². The van der Waals surface area contributed by atoms with Gasteiger partial charge in [0.2, 0.25) is 0 Å². The van der Waals surface area contributed by atoms with Crippen LogP contribution in [0.2, 0.25) is 0 Å². The van der Waals surface area contributed by atoms with Crippen LogP contribution in [0, 0.1) is 0 Å². The van der Waals surface area contributed by atoms with E-state index in [0.717, 1.165) is 41.0 Å². The second kappa shape index (κ2) is 5.88. The van der Waals surface area contributed by atoms with E-state index in [1.54, 1.807) is 6.92 Å². The molecule has 0 atom stereocenters. The minimum Gasteiger partial charge on any atom is -0.370 e. The Morgan fingerprint density at radius 2 is 2.11 bits per heavy atom. The van der Waals surface area contributed by atoms with E-state index >= 15 is 0 Å². The molecule has 0 aromatic heterocycles. The Hall–Kier alpha value is -0.480. The number of thioether (sulfide) groups is 1. The number of ketones is 1. The van der Waals surface area contributed by atoms with E-state index in [0.29, 0.717) is 4.75 Å². The minimum atomic E-state index is 0.138. The van der Waals surface area contributed by atoms with Crippen LogP contribution in [0.15, 0.2) is 22.7 Å². The third kappa shape index (κ3) is 3.76. The summed E-state index contributed by atoms with van der Waals surface area (Å²) in [6, 6.07) is 5.93. The molecule has 0 bridgehead atoms.